The summed E-state index contributed by atoms with van der Waals surface area (Å²) in [5.41, 5.74) is 1.12. The maximum atomic E-state index is 13.0. The number of ether oxygens (including phenoxy) is 2. The molecule has 0 saturated carbocycles. The molecule has 2 N–H and O–H groups in total. The Morgan fingerprint density at radius 2 is 1.73 bits per heavy atom. The zero-order valence-corrected chi connectivity index (χ0v) is 14.5. The van der Waals surface area contributed by atoms with Gasteiger partial charge >= 0.3 is 5.97 Å². The number of rotatable bonds is 8. The van der Waals surface area contributed by atoms with Crippen LogP contribution in [0.25, 0.3) is 0 Å². The van der Waals surface area contributed by atoms with Crippen LogP contribution in [0.3, 0.4) is 0 Å². The van der Waals surface area contributed by atoms with Crippen molar-refractivity contribution in [2.75, 3.05) is 20.8 Å². The Morgan fingerprint density at radius 1 is 1.08 bits per heavy atom. The molecule has 0 radical (unpaired) electrons. The third-order valence-electron chi connectivity index (χ3n) is 3.89. The van der Waals surface area contributed by atoms with E-state index in [1.807, 2.05) is 0 Å². The molecule has 0 spiro atoms. The lowest BCUT2D eigenvalue weighted by atomic mass is 9.99. The van der Waals surface area contributed by atoms with Crippen molar-refractivity contribution in [2.24, 2.45) is 0 Å². The van der Waals surface area contributed by atoms with Crippen LogP contribution in [0.1, 0.15) is 17.0 Å². The molecule has 0 fully saturated rings. The van der Waals surface area contributed by atoms with Crippen LogP contribution in [-0.4, -0.2) is 37.7 Å². The Balaban J connectivity index is 2.00. The lowest BCUT2D eigenvalue weighted by molar-refractivity contribution is -0.138. The fourth-order valence-corrected chi connectivity index (χ4v) is 2.50. The molecule has 2 rings (SSSR count). The number of hydrogen-bond donors (Lipinski definition) is 2. The van der Waals surface area contributed by atoms with Crippen molar-refractivity contribution < 1.29 is 28.6 Å². The third-order valence-corrected chi connectivity index (χ3v) is 3.89. The number of carbonyl (C=O) groups is 2. The van der Waals surface area contributed by atoms with E-state index in [9.17, 15) is 19.1 Å². The second-order valence-corrected chi connectivity index (χ2v) is 5.61. The number of carboxylic acids is 1. The SMILES string of the molecule is COc1ccc(CC(=O)NCC(C(=O)O)c2ccc(F)cc2)cc1OC. The van der Waals surface area contributed by atoms with Crippen molar-refractivity contribution in [3.63, 3.8) is 0 Å². The van der Waals surface area contributed by atoms with E-state index < -0.39 is 17.7 Å². The van der Waals surface area contributed by atoms with E-state index >= 15 is 0 Å². The first-order valence-corrected chi connectivity index (χ1v) is 7.90. The number of carbonyl (C=O) groups excluding carboxylic acids is 1. The molecular weight excluding hydrogens is 341 g/mol. The van der Waals surface area contributed by atoms with Crippen LogP contribution in [0.2, 0.25) is 0 Å². The lowest BCUT2D eigenvalue weighted by Gasteiger charge is -2.14. The Bertz CT molecular complexity index is 776. The molecule has 0 aliphatic rings. The van der Waals surface area contributed by atoms with Gasteiger partial charge in [0.15, 0.2) is 11.5 Å². The molecule has 2 aromatic carbocycles. The van der Waals surface area contributed by atoms with Crippen LogP contribution in [0.15, 0.2) is 42.5 Å². The summed E-state index contributed by atoms with van der Waals surface area (Å²) in [5.74, 6) is -1.76. The van der Waals surface area contributed by atoms with Crippen LogP contribution >= 0.6 is 0 Å². The minimum absolute atomic E-state index is 0.0656. The first-order valence-electron chi connectivity index (χ1n) is 7.90. The highest BCUT2D eigenvalue weighted by molar-refractivity contribution is 5.81. The number of carboxylic acid groups (broad SMARTS) is 1. The van der Waals surface area contributed by atoms with E-state index in [4.69, 9.17) is 9.47 Å². The molecule has 138 valence electrons. The number of amides is 1. The van der Waals surface area contributed by atoms with E-state index in [1.54, 1.807) is 18.2 Å². The van der Waals surface area contributed by atoms with Crippen LogP contribution in [0, 0.1) is 5.82 Å². The van der Waals surface area contributed by atoms with E-state index in [2.05, 4.69) is 5.32 Å². The van der Waals surface area contributed by atoms with Crippen molar-refractivity contribution in [1.29, 1.82) is 0 Å². The molecule has 0 aliphatic heterocycles. The molecule has 0 heterocycles. The summed E-state index contributed by atoms with van der Waals surface area (Å²) in [6.07, 6.45) is 0.0656. The standard InChI is InChI=1S/C19H20FNO5/c1-25-16-8-3-12(9-17(16)26-2)10-18(22)21-11-15(19(23)24)13-4-6-14(20)7-5-13/h3-9,15H,10-11H2,1-2H3,(H,21,22)(H,23,24). The van der Waals surface area contributed by atoms with Crippen molar-refractivity contribution in [2.45, 2.75) is 12.3 Å². The Kier molecular flexibility index (Phi) is 6.54. The van der Waals surface area contributed by atoms with Crippen molar-refractivity contribution in [1.82, 2.24) is 5.32 Å². The number of halogens is 1. The first kappa shape index (κ1) is 19.2. The predicted octanol–water partition coefficient (Wildman–Crippen LogP) is 2.37. The average Bonchev–Trinajstić information content (AvgIpc) is 2.63. The quantitative estimate of drug-likeness (QED) is 0.754. The zero-order valence-electron chi connectivity index (χ0n) is 14.5. The summed E-state index contributed by atoms with van der Waals surface area (Å²) in [7, 11) is 3.02. The highest BCUT2D eigenvalue weighted by Crippen LogP contribution is 2.27. The minimum Gasteiger partial charge on any atom is -0.493 e. The summed E-state index contributed by atoms with van der Waals surface area (Å²) >= 11 is 0. The van der Waals surface area contributed by atoms with Crippen LogP contribution in [0.5, 0.6) is 11.5 Å². The molecular formula is C19H20FNO5. The monoisotopic (exact) mass is 361 g/mol. The van der Waals surface area contributed by atoms with Gasteiger partial charge in [0.25, 0.3) is 0 Å². The van der Waals surface area contributed by atoms with E-state index in [0.717, 1.165) is 0 Å². The molecule has 0 aromatic heterocycles. The first-order chi connectivity index (χ1) is 12.4. The number of benzene rings is 2. The zero-order chi connectivity index (χ0) is 19.1. The summed E-state index contributed by atoms with van der Waals surface area (Å²) in [6, 6.07) is 10.3. The maximum absolute atomic E-state index is 13.0. The van der Waals surface area contributed by atoms with Gasteiger partial charge < -0.3 is 19.9 Å². The lowest BCUT2D eigenvalue weighted by Crippen LogP contribution is -2.32. The third kappa shape index (κ3) is 4.95. The minimum atomic E-state index is -1.09. The second-order valence-electron chi connectivity index (χ2n) is 5.61. The van der Waals surface area contributed by atoms with Gasteiger partial charge in [-0.25, -0.2) is 4.39 Å². The average molecular weight is 361 g/mol. The van der Waals surface area contributed by atoms with Gasteiger partial charge in [-0.15, -0.1) is 0 Å². The predicted molar refractivity (Wildman–Crippen MR) is 93.0 cm³/mol. The molecule has 0 bridgehead atoms. The van der Waals surface area contributed by atoms with E-state index in [-0.39, 0.29) is 18.9 Å². The summed E-state index contributed by atoms with van der Waals surface area (Å²) in [5, 5.41) is 12.0. The van der Waals surface area contributed by atoms with Gasteiger partial charge in [-0.3, -0.25) is 9.59 Å². The van der Waals surface area contributed by atoms with Gasteiger partial charge in [-0.05, 0) is 35.4 Å². The molecule has 1 unspecified atom stereocenters. The van der Waals surface area contributed by atoms with Crippen molar-refractivity contribution in [3.05, 3.63) is 59.4 Å². The fraction of sp³-hybridized carbons (Fsp3) is 0.263. The summed E-state index contributed by atoms with van der Waals surface area (Å²) < 4.78 is 23.3. The van der Waals surface area contributed by atoms with Gasteiger partial charge in [-0.2, -0.15) is 0 Å². The van der Waals surface area contributed by atoms with Gasteiger partial charge in [-0.1, -0.05) is 18.2 Å². The Hall–Kier alpha value is -3.09. The molecule has 0 saturated heterocycles. The number of hydrogen-bond acceptors (Lipinski definition) is 4. The molecule has 2 aromatic rings. The topological polar surface area (TPSA) is 84.9 Å². The molecule has 1 amide bonds. The normalized spacial score (nSPS) is 11.5. The van der Waals surface area contributed by atoms with Crippen LogP contribution in [-0.2, 0) is 16.0 Å². The van der Waals surface area contributed by atoms with Gasteiger partial charge in [0.05, 0.1) is 26.6 Å². The van der Waals surface area contributed by atoms with Gasteiger partial charge in [0.2, 0.25) is 5.91 Å². The highest BCUT2D eigenvalue weighted by atomic mass is 19.1. The van der Waals surface area contributed by atoms with Crippen molar-refractivity contribution >= 4 is 11.9 Å². The van der Waals surface area contributed by atoms with E-state index in [0.29, 0.717) is 22.6 Å². The summed E-state index contributed by atoms with van der Waals surface area (Å²) in [6.45, 7) is -0.0902. The second kappa shape index (κ2) is 8.84. The van der Waals surface area contributed by atoms with Crippen LogP contribution in [0.4, 0.5) is 4.39 Å². The molecule has 0 aliphatic carbocycles. The molecule has 6 nitrogen and oxygen atoms in total. The summed E-state index contributed by atoms with van der Waals surface area (Å²) in [4.78, 5) is 23.6. The molecule has 26 heavy (non-hydrogen) atoms. The van der Waals surface area contributed by atoms with E-state index in [1.165, 1.54) is 38.5 Å². The largest absolute Gasteiger partial charge is 0.493 e. The van der Waals surface area contributed by atoms with Gasteiger partial charge in [0, 0.05) is 6.54 Å². The maximum Gasteiger partial charge on any atom is 0.312 e. The number of nitrogens with one attached hydrogen (secondary N) is 1. The molecule has 1 atom stereocenters. The van der Waals surface area contributed by atoms with Crippen molar-refractivity contribution in [3.8, 4) is 11.5 Å². The highest BCUT2D eigenvalue weighted by Gasteiger charge is 2.21. The number of methoxy groups -OCH3 is 2. The smallest absolute Gasteiger partial charge is 0.312 e. The Morgan fingerprint density at radius 3 is 2.31 bits per heavy atom. The number of aliphatic carboxylic acids is 1. The van der Waals surface area contributed by atoms with Crippen LogP contribution < -0.4 is 14.8 Å². The Labute approximate surface area is 150 Å². The van der Waals surface area contributed by atoms with Gasteiger partial charge in [0.1, 0.15) is 5.82 Å². The fourth-order valence-electron chi connectivity index (χ4n) is 2.50. The molecule has 7 heteroatoms.